The molecular formula is C22H29F3N2O2. The van der Waals surface area contributed by atoms with E-state index < -0.39 is 17.6 Å². The highest BCUT2D eigenvalue weighted by Crippen LogP contribution is 2.30. The third-order valence-corrected chi connectivity index (χ3v) is 4.87. The maximum atomic E-state index is 12.6. The number of hydrogen-bond donors (Lipinski definition) is 1. The van der Waals surface area contributed by atoms with Crippen molar-refractivity contribution in [3.63, 3.8) is 0 Å². The van der Waals surface area contributed by atoms with Crippen molar-refractivity contribution < 1.29 is 22.5 Å². The van der Waals surface area contributed by atoms with Gasteiger partial charge in [0.05, 0.1) is 11.8 Å². The van der Waals surface area contributed by atoms with Crippen LogP contribution in [0.3, 0.4) is 0 Å². The van der Waals surface area contributed by atoms with E-state index in [4.69, 9.17) is 4.52 Å². The summed E-state index contributed by atoms with van der Waals surface area (Å²) in [6, 6.07) is 4.33. The van der Waals surface area contributed by atoms with E-state index in [9.17, 15) is 18.0 Å². The summed E-state index contributed by atoms with van der Waals surface area (Å²) < 4.78 is 43.0. The number of halogens is 3. The molecule has 1 aromatic carbocycles. The number of alkyl halides is 3. The van der Waals surface area contributed by atoms with E-state index in [1.54, 1.807) is 0 Å². The van der Waals surface area contributed by atoms with Crippen LogP contribution in [0, 0.1) is 0 Å². The van der Waals surface area contributed by atoms with Crippen LogP contribution in [0.5, 0.6) is 0 Å². The fourth-order valence-electron chi connectivity index (χ4n) is 3.17. The van der Waals surface area contributed by atoms with Crippen LogP contribution in [0.1, 0.15) is 86.4 Å². The molecule has 1 aromatic heterocycles. The monoisotopic (exact) mass is 410 g/mol. The van der Waals surface area contributed by atoms with Gasteiger partial charge in [0.1, 0.15) is 11.3 Å². The number of nitrogens with one attached hydrogen (secondary N) is 1. The molecule has 2 aromatic rings. The molecule has 160 valence electrons. The third-order valence-electron chi connectivity index (χ3n) is 4.87. The summed E-state index contributed by atoms with van der Waals surface area (Å²) in [5, 5.41) is 6.30. The minimum atomic E-state index is -4.40. The number of unbranched alkanes of at least 4 members (excludes halogenated alkanes) is 8. The highest BCUT2D eigenvalue weighted by Gasteiger charge is 2.30. The lowest BCUT2D eigenvalue weighted by molar-refractivity contribution is -0.137. The predicted octanol–water partition coefficient (Wildman–Crippen LogP) is 7.02. The molecule has 1 N–H and O–H groups in total. The van der Waals surface area contributed by atoms with Crippen molar-refractivity contribution in [3.8, 4) is 0 Å². The van der Waals surface area contributed by atoms with Crippen LogP contribution in [0.25, 0.3) is 0 Å². The number of carbonyl (C=O) groups is 1. The minimum absolute atomic E-state index is 0.290. The molecule has 0 unspecified atom stereocenters. The maximum absolute atomic E-state index is 12.6. The van der Waals surface area contributed by atoms with Crippen LogP contribution in [-0.4, -0.2) is 11.1 Å². The molecule has 0 aliphatic carbocycles. The van der Waals surface area contributed by atoms with Crippen molar-refractivity contribution in [2.45, 2.75) is 77.3 Å². The van der Waals surface area contributed by atoms with Crippen molar-refractivity contribution in [2.24, 2.45) is 0 Å². The van der Waals surface area contributed by atoms with Crippen molar-refractivity contribution >= 4 is 11.6 Å². The molecule has 0 saturated heterocycles. The smallest absolute Gasteiger partial charge is 0.361 e. The van der Waals surface area contributed by atoms with E-state index in [0.29, 0.717) is 23.4 Å². The molecule has 0 bridgehead atoms. The number of benzene rings is 1. The fraction of sp³-hybridized carbons (Fsp3) is 0.545. The fourth-order valence-corrected chi connectivity index (χ4v) is 3.17. The van der Waals surface area contributed by atoms with Gasteiger partial charge in [-0.2, -0.15) is 13.2 Å². The molecule has 0 aliphatic heterocycles. The zero-order valence-electron chi connectivity index (χ0n) is 16.9. The standard InChI is InChI=1S/C22H29F3N2O2/c1-2-3-4-5-6-7-8-9-10-11-20-19(16-26-29-20)21(28)27-18-14-12-17(13-15-18)22(23,24)25/h12-16H,2-11H2,1H3,(H,27,28). The van der Waals surface area contributed by atoms with Gasteiger partial charge in [0, 0.05) is 12.1 Å². The summed E-state index contributed by atoms with van der Waals surface area (Å²) in [5.74, 6) is 0.0780. The highest BCUT2D eigenvalue weighted by atomic mass is 19.4. The largest absolute Gasteiger partial charge is 0.416 e. The van der Waals surface area contributed by atoms with Gasteiger partial charge in [-0.15, -0.1) is 0 Å². The summed E-state index contributed by atoms with van der Waals surface area (Å²) in [4.78, 5) is 12.4. The topological polar surface area (TPSA) is 55.1 Å². The molecule has 0 saturated carbocycles. The Labute approximate surface area is 169 Å². The maximum Gasteiger partial charge on any atom is 0.416 e. The van der Waals surface area contributed by atoms with Crippen molar-refractivity contribution in [2.75, 3.05) is 5.32 Å². The molecule has 1 heterocycles. The number of rotatable bonds is 12. The summed E-state index contributed by atoms with van der Waals surface area (Å²) >= 11 is 0. The molecule has 29 heavy (non-hydrogen) atoms. The van der Waals surface area contributed by atoms with E-state index >= 15 is 0 Å². The summed E-state index contributed by atoms with van der Waals surface area (Å²) in [5.41, 5.74) is -0.144. The van der Waals surface area contributed by atoms with E-state index in [0.717, 1.165) is 31.4 Å². The van der Waals surface area contributed by atoms with E-state index in [-0.39, 0.29) is 0 Å². The lowest BCUT2D eigenvalue weighted by Gasteiger charge is -2.08. The van der Waals surface area contributed by atoms with E-state index in [1.165, 1.54) is 56.9 Å². The Bertz CT molecular complexity index is 739. The first-order chi connectivity index (χ1) is 13.9. The number of anilines is 1. The second-order valence-corrected chi connectivity index (χ2v) is 7.27. The molecule has 0 radical (unpaired) electrons. The first-order valence-electron chi connectivity index (χ1n) is 10.3. The zero-order chi connectivity index (χ0) is 21.1. The average molecular weight is 410 g/mol. The first kappa shape index (κ1) is 23.0. The first-order valence-corrected chi connectivity index (χ1v) is 10.3. The quantitative estimate of drug-likeness (QED) is 0.383. The molecule has 0 fully saturated rings. The summed E-state index contributed by atoms with van der Waals surface area (Å²) in [6.45, 7) is 2.21. The normalized spacial score (nSPS) is 11.6. The molecule has 0 atom stereocenters. The number of aryl methyl sites for hydroxylation is 1. The number of aromatic nitrogens is 1. The van der Waals surface area contributed by atoms with Crippen molar-refractivity contribution in [3.05, 3.63) is 47.3 Å². The SMILES string of the molecule is CCCCCCCCCCCc1oncc1C(=O)Nc1ccc(C(F)(F)F)cc1. The Kier molecular flexibility index (Phi) is 9.22. The summed E-state index contributed by atoms with van der Waals surface area (Å²) in [6.07, 6.45) is 8.36. The Hall–Kier alpha value is -2.31. The Morgan fingerprint density at radius 1 is 0.966 bits per heavy atom. The minimum Gasteiger partial charge on any atom is -0.361 e. The Morgan fingerprint density at radius 3 is 2.14 bits per heavy atom. The second-order valence-electron chi connectivity index (χ2n) is 7.27. The van der Waals surface area contributed by atoms with Crippen LogP contribution in [0.2, 0.25) is 0 Å². The van der Waals surface area contributed by atoms with E-state index in [1.807, 2.05) is 0 Å². The second kappa shape index (κ2) is 11.6. The molecule has 1 amide bonds. The molecule has 0 aliphatic rings. The third kappa shape index (κ3) is 7.91. The van der Waals surface area contributed by atoms with Crippen molar-refractivity contribution in [1.82, 2.24) is 5.16 Å². The van der Waals surface area contributed by atoms with Crippen LogP contribution in [0.15, 0.2) is 35.0 Å². The molecule has 2 rings (SSSR count). The summed E-state index contributed by atoms with van der Waals surface area (Å²) in [7, 11) is 0. The zero-order valence-corrected chi connectivity index (χ0v) is 16.9. The van der Waals surface area contributed by atoms with Gasteiger partial charge in [0.15, 0.2) is 0 Å². The van der Waals surface area contributed by atoms with Gasteiger partial charge >= 0.3 is 6.18 Å². The average Bonchev–Trinajstić information content (AvgIpc) is 3.15. The number of hydrogen-bond acceptors (Lipinski definition) is 3. The van der Waals surface area contributed by atoms with Crippen LogP contribution < -0.4 is 5.32 Å². The molecule has 7 heteroatoms. The highest BCUT2D eigenvalue weighted by molar-refractivity contribution is 6.04. The van der Waals surface area contributed by atoms with Crippen LogP contribution in [-0.2, 0) is 12.6 Å². The molecule has 0 spiro atoms. The van der Waals surface area contributed by atoms with Gasteiger partial charge in [-0.25, -0.2) is 0 Å². The van der Waals surface area contributed by atoms with Gasteiger partial charge in [-0.05, 0) is 30.7 Å². The number of amides is 1. The van der Waals surface area contributed by atoms with Crippen LogP contribution in [0.4, 0.5) is 18.9 Å². The molecular weight excluding hydrogens is 381 g/mol. The van der Waals surface area contributed by atoms with Crippen molar-refractivity contribution in [1.29, 1.82) is 0 Å². The van der Waals surface area contributed by atoms with Gasteiger partial charge < -0.3 is 9.84 Å². The Balaban J connectivity index is 1.75. The van der Waals surface area contributed by atoms with Gasteiger partial charge in [-0.3, -0.25) is 4.79 Å². The predicted molar refractivity (Wildman–Crippen MR) is 107 cm³/mol. The van der Waals surface area contributed by atoms with E-state index in [2.05, 4.69) is 17.4 Å². The van der Waals surface area contributed by atoms with Gasteiger partial charge in [0.25, 0.3) is 5.91 Å². The molecule has 4 nitrogen and oxygen atoms in total. The lowest BCUT2D eigenvalue weighted by Crippen LogP contribution is -2.13. The number of nitrogens with zero attached hydrogens (tertiary/aromatic N) is 1. The number of carbonyl (C=O) groups excluding carboxylic acids is 1. The van der Waals surface area contributed by atoms with Crippen LogP contribution >= 0.6 is 0 Å². The lowest BCUT2D eigenvalue weighted by atomic mass is 10.0. The van der Waals surface area contributed by atoms with Gasteiger partial charge in [-0.1, -0.05) is 63.4 Å². The van der Waals surface area contributed by atoms with Gasteiger partial charge in [0.2, 0.25) is 0 Å². The Morgan fingerprint density at radius 2 is 1.55 bits per heavy atom.